The summed E-state index contributed by atoms with van der Waals surface area (Å²) in [4.78, 5) is 12.2. The maximum absolute atomic E-state index is 13.2. The summed E-state index contributed by atoms with van der Waals surface area (Å²) in [5.41, 5.74) is -1.63. The number of sulfonamides is 1. The van der Waals surface area contributed by atoms with Gasteiger partial charge in [0.2, 0.25) is 15.9 Å². The molecular formula is C20H16ClF3N2O3S. The Morgan fingerprint density at radius 2 is 1.70 bits per heavy atom. The normalized spacial score (nSPS) is 12.3. The largest absolute Gasteiger partial charge is 0.418 e. The van der Waals surface area contributed by atoms with Crippen LogP contribution in [0.15, 0.2) is 65.6 Å². The van der Waals surface area contributed by atoms with Crippen LogP contribution in [0, 0.1) is 0 Å². The molecule has 158 valence electrons. The number of hydrogen-bond donors (Lipinski definition) is 1. The molecule has 0 spiro atoms. The number of hydrogen-bond acceptors (Lipinski definition) is 3. The topological polar surface area (TPSA) is 66.5 Å². The molecule has 0 atom stereocenters. The van der Waals surface area contributed by atoms with Crippen molar-refractivity contribution in [3.63, 3.8) is 0 Å². The fourth-order valence-corrected chi connectivity index (χ4v) is 4.18. The van der Waals surface area contributed by atoms with Crippen LogP contribution in [0.25, 0.3) is 10.8 Å². The van der Waals surface area contributed by atoms with Gasteiger partial charge < -0.3 is 5.32 Å². The first-order valence-electron chi connectivity index (χ1n) is 8.60. The Morgan fingerprint density at radius 1 is 1.03 bits per heavy atom. The third-order valence-corrected chi connectivity index (χ3v) is 6.39. The van der Waals surface area contributed by atoms with Gasteiger partial charge in [0.05, 0.1) is 22.7 Å². The number of likely N-dealkylation sites (N-methyl/N-ethyl adjacent to an activating group) is 1. The summed E-state index contributed by atoms with van der Waals surface area (Å²) in [6.45, 7) is -0.672. The van der Waals surface area contributed by atoms with Crippen molar-refractivity contribution in [2.24, 2.45) is 0 Å². The molecular weight excluding hydrogens is 441 g/mol. The van der Waals surface area contributed by atoms with Crippen LogP contribution >= 0.6 is 11.6 Å². The van der Waals surface area contributed by atoms with E-state index in [9.17, 15) is 26.4 Å². The zero-order chi connectivity index (χ0) is 22.1. The minimum absolute atomic E-state index is 0.0287. The number of rotatable bonds is 5. The number of nitrogens with zero attached hydrogens (tertiary/aromatic N) is 1. The summed E-state index contributed by atoms with van der Waals surface area (Å²) in [7, 11) is -2.86. The van der Waals surface area contributed by atoms with E-state index in [0.29, 0.717) is 11.5 Å². The van der Waals surface area contributed by atoms with Gasteiger partial charge in [-0.05, 0) is 41.1 Å². The molecule has 30 heavy (non-hydrogen) atoms. The summed E-state index contributed by atoms with van der Waals surface area (Å²) in [6.07, 6.45) is -4.74. The van der Waals surface area contributed by atoms with E-state index in [1.54, 1.807) is 18.2 Å². The van der Waals surface area contributed by atoms with Gasteiger partial charge in [-0.2, -0.15) is 17.5 Å². The lowest BCUT2D eigenvalue weighted by Crippen LogP contribution is -2.35. The van der Waals surface area contributed by atoms with Crippen molar-refractivity contribution in [2.75, 3.05) is 18.9 Å². The van der Waals surface area contributed by atoms with Gasteiger partial charge in [-0.15, -0.1) is 0 Å². The molecule has 0 bridgehead atoms. The van der Waals surface area contributed by atoms with Gasteiger partial charge >= 0.3 is 6.18 Å². The molecule has 3 rings (SSSR count). The molecule has 0 aliphatic heterocycles. The van der Waals surface area contributed by atoms with Crippen LogP contribution < -0.4 is 5.32 Å². The molecule has 0 aliphatic rings. The predicted octanol–water partition coefficient (Wildman–Crippen LogP) is 4.77. The Morgan fingerprint density at radius 3 is 2.37 bits per heavy atom. The summed E-state index contributed by atoms with van der Waals surface area (Å²) >= 11 is 5.61. The van der Waals surface area contributed by atoms with E-state index < -0.39 is 39.9 Å². The molecule has 0 saturated carbocycles. The molecule has 3 aromatic carbocycles. The lowest BCUT2D eigenvalue weighted by molar-refractivity contribution is -0.137. The summed E-state index contributed by atoms with van der Waals surface area (Å²) in [5.74, 6) is -0.922. The number of nitrogens with one attached hydrogen (secondary N) is 1. The molecule has 0 heterocycles. The molecule has 0 fully saturated rings. The molecule has 0 saturated heterocycles. The second-order valence-corrected chi connectivity index (χ2v) is 8.99. The van der Waals surface area contributed by atoms with E-state index >= 15 is 0 Å². The number of carbonyl (C=O) groups excluding carboxylic acids is 1. The fourth-order valence-electron chi connectivity index (χ4n) is 2.84. The fraction of sp³-hybridized carbons (Fsp3) is 0.150. The van der Waals surface area contributed by atoms with Crippen LogP contribution in [0.2, 0.25) is 5.02 Å². The molecule has 1 amide bonds. The zero-order valence-corrected chi connectivity index (χ0v) is 17.1. The minimum Gasteiger partial charge on any atom is -0.324 e. The third kappa shape index (κ3) is 4.75. The average Bonchev–Trinajstić information content (AvgIpc) is 2.68. The van der Waals surface area contributed by atoms with Crippen LogP contribution in [-0.2, 0) is 21.0 Å². The monoisotopic (exact) mass is 456 g/mol. The number of alkyl halides is 3. The number of amides is 1. The van der Waals surface area contributed by atoms with Crippen molar-refractivity contribution >= 4 is 44.0 Å². The number of fused-ring (bicyclic) bond motifs is 1. The highest BCUT2D eigenvalue weighted by molar-refractivity contribution is 7.89. The molecule has 0 aliphatic carbocycles. The second kappa shape index (κ2) is 8.25. The van der Waals surface area contributed by atoms with Gasteiger partial charge in [-0.1, -0.05) is 41.9 Å². The molecule has 0 aromatic heterocycles. The van der Waals surface area contributed by atoms with E-state index in [4.69, 9.17) is 11.6 Å². The maximum atomic E-state index is 13.2. The van der Waals surface area contributed by atoms with Crippen LogP contribution in [0.3, 0.4) is 0 Å². The van der Waals surface area contributed by atoms with E-state index in [1.165, 1.54) is 25.2 Å². The highest BCUT2D eigenvalue weighted by Crippen LogP contribution is 2.36. The van der Waals surface area contributed by atoms with Crippen LogP contribution in [0.1, 0.15) is 5.56 Å². The first-order valence-corrected chi connectivity index (χ1v) is 10.4. The van der Waals surface area contributed by atoms with Crippen molar-refractivity contribution in [2.45, 2.75) is 11.1 Å². The Bertz CT molecular complexity index is 1210. The van der Waals surface area contributed by atoms with Crippen LogP contribution in [-0.4, -0.2) is 32.2 Å². The van der Waals surface area contributed by atoms with Crippen molar-refractivity contribution in [1.29, 1.82) is 0 Å². The van der Waals surface area contributed by atoms with Gasteiger partial charge in [0, 0.05) is 12.1 Å². The first-order chi connectivity index (χ1) is 14.0. The average molecular weight is 457 g/mol. The van der Waals surface area contributed by atoms with Crippen molar-refractivity contribution < 1.29 is 26.4 Å². The first kappa shape index (κ1) is 22.1. The molecule has 1 N–H and O–H groups in total. The van der Waals surface area contributed by atoms with Crippen LogP contribution in [0.4, 0.5) is 18.9 Å². The SMILES string of the molecule is CN(CC(=O)Nc1ccc(Cl)cc1C(F)(F)F)S(=O)(=O)c1ccc2ccccc2c1. The summed E-state index contributed by atoms with van der Waals surface area (Å²) < 4.78 is 65.8. The third-order valence-electron chi connectivity index (χ3n) is 4.36. The van der Waals surface area contributed by atoms with Gasteiger partial charge in [0.1, 0.15) is 0 Å². The Labute approximate surface area is 176 Å². The maximum Gasteiger partial charge on any atom is 0.418 e. The van der Waals surface area contributed by atoms with Gasteiger partial charge in [0.15, 0.2) is 0 Å². The van der Waals surface area contributed by atoms with Crippen molar-refractivity contribution in [1.82, 2.24) is 4.31 Å². The number of anilines is 1. The Kier molecular flexibility index (Phi) is 6.07. The van der Waals surface area contributed by atoms with E-state index in [0.717, 1.165) is 15.8 Å². The molecule has 0 unspecified atom stereocenters. The van der Waals surface area contributed by atoms with Gasteiger partial charge in [0.25, 0.3) is 0 Å². The molecule has 3 aromatic rings. The highest BCUT2D eigenvalue weighted by atomic mass is 35.5. The molecule has 0 radical (unpaired) electrons. The van der Waals surface area contributed by atoms with E-state index in [-0.39, 0.29) is 9.92 Å². The quantitative estimate of drug-likeness (QED) is 0.601. The van der Waals surface area contributed by atoms with E-state index in [1.807, 2.05) is 12.1 Å². The van der Waals surface area contributed by atoms with E-state index in [2.05, 4.69) is 5.32 Å². The summed E-state index contributed by atoms with van der Waals surface area (Å²) in [6, 6.07) is 14.6. The number of benzene rings is 3. The van der Waals surface area contributed by atoms with Crippen molar-refractivity contribution in [3.8, 4) is 0 Å². The number of halogens is 4. The lowest BCUT2D eigenvalue weighted by atomic mass is 10.1. The Hall–Kier alpha value is -2.62. The van der Waals surface area contributed by atoms with Crippen LogP contribution in [0.5, 0.6) is 0 Å². The van der Waals surface area contributed by atoms with Crippen molar-refractivity contribution in [3.05, 3.63) is 71.2 Å². The predicted molar refractivity (Wildman–Crippen MR) is 109 cm³/mol. The highest BCUT2D eigenvalue weighted by Gasteiger charge is 2.34. The molecule has 5 nitrogen and oxygen atoms in total. The minimum atomic E-state index is -4.74. The number of carbonyl (C=O) groups is 1. The lowest BCUT2D eigenvalue weighted by Gasteiger charge is -2.19. The summed E-state index contributed by atoms with van der Waals surface area (Å²) in [5, 5.41) is 3.51. The van der Waals surface area contributed by atoms with Gasteiger partial charge in [-0.25, -0.2) is 8.42 Å². The second-order valence-electron chi connectivity index (χ2n) is 6.51. The Balaban J connectivity index is 1.80. The smallest absolute Gasteiger partial charge is 0.324 e. The van der Waals surface area contributed by atoms with Gasteiger partial charge in [-0.3, -0.25) is 4.79 Å². The standard InChI is InChI=1S/C20H16ClF3N2O3S/c1-26(30(28,29)16-8-6-13-4-2-3-5-14(13)10-16)12-19(27)25-18-9-7-15(21)11-17(18)20(22,23)24/h2-11H,12H2,1H3,(H,25,27). The zero-order valence-electron chi connectivity index (χ0n) is 15.6. The molecule has 10 heteroatoms.